The summed E-state index contributed by atoms with van der Waals surface area (Å²) in [6.07, 6.45) is 2.59. The van der Waals surface area contributed by atoms with Crippen LogP contribution < -0.4 is 0 Å². The van der Waals surface area contributed by atoms with Crippen molar-refractivity contribution in [2.75, 3.05) is 19.6 Å². The Balaban J connectivity index is 1.87. The lowest BCUT2D eigenvalue weighted by atomic mass is 9.85. The Bertz CT molecular complexity index is 353. The number of nitrogens with zero attached hydrogens (tertiary/aromatic N) is 1. The van der Waals surface area contributed by atoms with Crippen LogP contribution in [0.25, 0.3) is 0 Å². The van der Waals surface area contributed by atoms with Gasteiger partial charge in [0.2, 0.25) is 0 Å². The number of likely N-dealkylation sites (tertiary alicyclic amines) is 1. The second-order valence-corrected chi connectivity index (χ2v) is 6.08. The Morgan fingerprint density at radius 3 is 2.33 bits per heavy atom. The summed E-state index contributed by atoms with van der Waals surface area (Å²) in [4.78, 5) is 2.48. The number of hydrogen-bond acceptors (Lipinski definition) is 2. The van der Waals surface area contributed by atoms with Crippen molar-refractivity contribution in [1.82, 2.24) is 4.90 Å². The molecular formula is C16H25NO. The van der Waals surface area contributed by atoms with Crippen LogP contribution in [0.5, 0.6) is 0 Å². The third-order valence-corrected chi connectivity index (χ3v) is 3.79. The van der Waals surface area contributed by atoms with Crippen molar-refractivity contribution in [1.29, 1.82) is 0 Å². The number of hydrogen-bond donors (Lipinski definition) is 1. The molecule has 1 heterocycles. The fraction of sp³-hybridized carbons (Fsp3) is 0.625. The third kappa shape index (κ3) is 3.82. The summed E-state index contributed by atoms with van der Waals surface area (Å²) in [5.41, 5.74) is 0.756. The van der Waals surface area contributed by atoms with E-state index in [1.807, 2.05) is 18.2 Å². The van der Waals surface area contributed by atoms with Gasteiger partial charge >= 0.3 is 0 Å². The zero-order chi connectivity index (χ0) is 13.0. The van der Waals surface area contributed by atoms with E-state index in [4.69, 9.17) is 0 Å². The maximum absolute atomic E-state index is 10.6. The summed E-state index contributed by atoms with van der Waals surface area (Å²) in [5, 5.41) is 10.6. The van der Waals surface area contributed by atoms with Gasteiger partial charge in [0.05, 0.1) is 5.60 Å². The molecule has 2 heteroatoms. The summed E-state index contributed by atoms with van der Waals surface area (Å²) in [6.45, 7) is 7.72. The van der Waals surface area contributed by atoms with E-state index >= 15 is 0 Å². The van der Waals surface area contributed by atoms with E-state index < -0.39 is 5.60 Å². The number of rotatable bonds is 4. The Labute approximate surface area is 111 Å². The van der Waals surface area contributed by atoms with E-state index in [0.717, 1.165) is 38.9 Å². The minimum Gasteiger partial charge on any atom is -0.389 e. The Hall–Kier alpha value is -0.860. The van der Waals surface area contributed by atoms with Crippen LogP contribution in [0, 0.1) is 5.92 Å². The molecular weight excluding hydrogens is 222 g/mol. The van der Waals surface area contributed by atoms with Crippen molar-refractivity contribution < 1.29 is 5.11 Å². The average Bonchev–Trinajstić information content (AvgIpc) is 2.33. The molecule has 0 spiro atoms. The Kier molecular flexibility index (Phi) is 4.41. The predicted octanol–water partition coefficient (Wildman–Crippen LogP) is 2.71. The first-order valence-corrected chi connectivity index (χ1v) is 7.06. The molecule has 1 N–H and O–H groups in total. The zero-order valence-corrected chi connectivity index (χ0v) is 11.6. The SMILES string of the molecule is CC(C)CN1CCC(O)(Cc2ccccc2)CC1. The Morgan fingerprint density at radius 2 is 1.78 bits per heavy atom. The van der Waals surface area contributed by atoms with E-state index in [9.17, 15) is 5.11 Å². The summed E-state index contributed by atoms with van der Waals surface area (Å²) >= 11 is 0. The lowest BCUT2D eigenvalue weighted by molar-refractivity contribution is -0.0227. The molecule has 1 aliphatic rings. The van der Waals surface area contributed by atoms with Crippen LogP contribution in [0.3, 0.4) is 0 Å². The maximum Gasteiger partial charge on any atom is 0.0712 e. The van der Waals surface area contributed by atoms with Crippen LogP contribution in [0.15, 0.2) is 30.3 Å². The molecule has 1 aliphatic heterocycles. The van der Waals surface area contributed by atoms with Gasteiger partial charge in [0.25, 0.3) is 0 Å². The normalized spacial score (nSPS) is 20.2. The van der Waals surface area contributed by atoms with Crippen LogP contribution >= 0.6 is 0 Å². The van der Waals surface area contributed by atoms with Gasteiger partial charge in [-0.1, -0.05) is 44.2 Å². The van der Waals surface area contributed by atoms with Crippen molar-refractivity contribution in [3.05, 3.63) is 35.9 Å². The van der Waals surface area contributed by atoms with E-state index in [1.165, 1.54) is 5.56 Å². The first-order chi connectivity index (χ1) is 8.57. The second-order valence-electron chi connectivity index (χ2n) is 6.08. The van der Waals surface area contributed by atoms with Crippen molar-refractivity contribution in [2.45, 2.75) is 38.7 Å². The van der Waals surface area contributed by atoms with Crippen molar-refractivity contribution in [3.8, 4) is 0 Å². The molecule has 0 aliphatic carbocycles. The summed E-state index contributed by atoms with van der Waals surface area (Å²) in [5.74, 6) is 0.713. The third-order valence-electron chi connectivity index (χ3n) is 3.79. The van der Waals surface area contributed by atoms with Gasteiger partial charge in [0.15, 0.2) is 0 Å². The monoisotopic (exact) mass is 247 g/mol. The largest absolute Gasteiger partial charge is 0.389 e. The highest BCUT2D eigenvalue weighted by molar-refractivity contribution is 5.17. The molecule has 1 aromatic rings. The van der Waals surface area contributed by atoms with Crippen LogP contribution in [0.4, 0.5) is 0 Å². The molecule has 0 aromatic heterocycles. The average molecular weight is 247 g/mol. The van der Waals surface area contributed by atoms with Gasteiger partial charge < -0.3 is 10.0 Å². The fourth-order valence-corrected chi connectivity index (χ4v) is 2.82. The first-order valence-electron chi connectivity index (χ1n) is 7.06. The van der Waals surface area contributed by atoms with Gasteiger partial charge in [-0.25, -0.2) is 0 Å². The highest BCUT2D eigenvalue weighted by atomic mass is 16.3. The van der Waals surface area contributed by atoms with Crippen LogP contribution in [0.1, 0.15) is 32.3 Å². The number of benzene rings is 1. The van der Waals surface area contributed by atoms with E-state index in [0.29, 0.717) is 5.92 Å². The molecule has 0 amide bonds. The van der Waals surface area contributed by atoms with Crippen LogP contribution in [-0.2, 0) is 6.42 Å². The minimum absolute atomic E-state index is 0.491. The number of aliphatic hydroxyl groups is 1. The van der Waals surface area contributed by atoms with Gasteiger partial charge in [0.1, 0.15) is 0 Å². The first kappa shape index (κ1) is 13.6. The standard InChI is InChI=1S/C16H25NO/c1-14(2)13-17-10-8-16(18,9-11-17)12-15-6-4-3-5-7-15/h3-7,14,18H,8-13H2,1-2H3. The van der Waals surface area contributed by atoms with E-state index in [2.05, 4.69) is 30.9 Å². The molecule has 0 bridgehead atoms. The summed E-state index contributed by atoms with van der Waals surface area (Å²) < 4.78 is 0. The van der Waals surface area contributed by atoms with Crippen molar-refractivity contribution in [2.24, 2.45) is 5.92 Å². The molecule has 2 nitrogen and oxygen atoms in total. The van der Waals surface area contributed by atoms with Gasteiger partial charge in [-0.3, -0.25) is 0 Å². The molecule has 1 aromatic carbocycles. The second kappa shape index (κ2) is 5.85. The van der Waals surface area contributed by atoms with E-state index in [-0.39, 0.29) is 0 Å². The molecule has 0 unspecified atom stereocenters. The number of piperidine rings is 1. The summed E-state index contributed by atoms with van der Waals surface area (Å²) in [6, 6.07) is 10.3. The van der Waals surface area contributed by atoms with Crippen LogP contribution in [0.2, 0.25) is 0 Å². The van der Waals surface area contributed by atoms with Gasteiger partial charge in [-0.15, -0.1) is 0 Å². The smallest absolute Gasteiger partial charge is 0.0712 e. The topological polar surface area (TPSA) is 23.5 Å². The zero-order valence-electron chi connectivity index (χ0n) is 11.6. The molecule has 2 rings (SSSR count). The predicted molar refractivity (Wildman–Crippen MR) is 75.6 cm³/mol. The molecule has 0 saturated carbocycles. The lowest BCUT2D eigenvalue weighted by Crippen LogP contribution is -2.46. The lowest BCUT2D eigenvalue weighted by Gasteiger charge is -2.39. The maximum atomic E-state index is 10.6. The van der Waals surface area contributed by atoms with Gasteiger partial charge in [0, 0.05) is 26.1 Å². The fourth-order valence-electron chi connectivity index (χ4n) is 2.82. The molecule has 0 radical (unpaired) electrons. The van der Waals surface area contributed by atoms with Gasteiger partial charge in [-0.05, 0) is 24.3 Å². The highest BCUT2D eigenvalue weighted by Crippen LogP contribution is 2.26. The Morgan fingerprint density at radius 1 is 1.17 bits per heavy atom. The molecule has 0 atom stereocenters. The van der Waals surface area contributed by atoms with Crippen molar-refractivity contribution >= 4 is 0 Å². The molecule has 100 valence electrons. The minimum atomic E-state index is -0.491. The molecule has 1 fully saturated rings. The molecule has 1 saturated heterocycles. The van der Waals surface area contributed by atoms with Gasteiger partial charge in [-0.2, -0.15) is 0 Å². The van der Waals surface area contributed by atoms with E-state index in [1.54, 1.807) is 0 Å². The van der Waals surface area contributed by atoms with Crippen LogP contribution in [-0.4, -0.2) is 35.2 Å². The molecule has 18 heavy (non-hydrogen) atoms. The highest BCUT2D eigenvalue weighted by Gasteiger charge is 2.32. The van der Waals surface area contributed by atoms with Crippen molar-refractivity contribution in [3.63, 3.8) is 0 Å². The summed E-state index contributed by atoms with van der Waals surface area (Å²) in [7, 11) is 0. The quantitative estimate of drug-likeness (QED) is 0.884.